The van der Waals surface area contributed by atoms with Gasteiger partial charge in [0.15, 0.2) is 0 Å². The number of methoxy groups -OCH3 is 1. The van der Waals surface area contributed by atoms with Crippen LogP contribution in [0.5, 0.6) is 5.75 Å². The fourth-order valence-corrected chi connectivity index (χ4v) is 4.20. The van der Waals surface area contributed by atoms with Gasteiger partial charge in [0.2, 0.25) is 10.0 Å². The third-order valence-electron chi connectivity index (χ3n) is 4.92. The summed E-state index contributed by atoms with van der Waals surface area (Å²) in [5, 5.41) is 2.82. The second-order valence-corrected chi connectivity index (χ2v) is 10.8. The zero-order chi connectivity index (χ0) is 24.1. The molecule has 0 aliphatic carbocycles. The molecule has 0 unspecified atom stereocenters. The number of piperazine rings is 1. The molecule has 2 rings (SSSR count). The first-order valence-electron chi connectivity index (χ1n) is 10.4. The Morgan fingerprint density at radius 2 is 1.75 bits per heavy atom. The second-order valence-electron chi connectivity index (χ2n) is 8.72. The fraction of sp³-hybridized carbons (Fsp3) is 0.619. The van der Waals surface area contributed by atoms with E-state index in [1.165, 1.54) is 39.4 Å². The molecule has 1 fully saturated rings. The van der Waals surface area contributed by atoms with E-state index in [1.54, 1.807) is 4.90 Å². The van der Waals surface area contributed by atoms with Crippen LogP contribution in [0.25, 0.3) is 0 Å². The van der Waals surface area contributed by atoms with Crippen molar-refractivity contribution in [2.45, 2.75) is 31.3 Å². The quantitative estimate of drug-likeness (QED) is 0.638. The van der Waals surface area contributed by atoms with E-state index in [2.05, 4.69) is 10.2 Å². The van der Waals surface area contributed by atoms with Crippen LogP contribution in [0.1, 0.15) is 31.1 Å². The molecule has 1 aromatic carbocycles. The summed E-state index contributed by atoms with van der Waals surface area (Å²) in [6.45, 7) is 9.02. The van der Waals surface area contributed by atoms with Crippen molar-refractivity contribution in [1.29, 1.82) is 0 Å². The highest BCUT2D eigenvalue weighted by Crippen LogP contribution is 2.26. The summed E-state index contributed by atoms with van der Waals surface area (Å²) < 4.78 is 36.7. The normalized spacial score (nSPS) is 15.5. The Morgan fingerprint density at radius 3 is 2.28 bits per heavy atom. The minimum atomic E-state index is -3.76. The first kappa shape index (κ1) is 25.9. The first-order valence-corrected chi connectivity index (χ1v) is 11.9. The van der Waals surface area contributed by atoms with E-state index in [0.29, 0.717) is 39.3 Å². The molecule has 11 heteroatoms. The summed E-state index contributed by atoms with van der Waals surface area (Å²) in [6, 6.07) is 4.33. The van der Waals surface area contributed by atoms with Crippen molar-refractivity contribution in [2.24, 2.45) is 0 Å². The van der Waals surface area contributed by atoms with Crippen LogP contribution in [0.4, 0.5) is 4.79 Å². The minimum Gasteiger partial charge on any atom is -0.495 e. The standard InChI is InChI=1S/C21H34N4O6S/c1-21(2,3)31-20(27)25-13-11-24(12-14-25)10-9-22-19(26)16-7-8-17(30-6)18(15-16)32(28,29)23(4)5/h7-8,15H,9-14H2,1-6H3,(H,22,26). The molecule has 0 bridgehead atoms. The number of rotatable bonds is 7. The van der Waals surface area contributed by atoms with Gasteiger partial charge in [-0.2, -0.15) is 0 Å². The summed E-state index contributed by atoms with van der Waals surface area (Å²) in [7, 11) is 0.463. The van der Waals surface area contributed by atoms with E-state index in [1.807, 2.05) is 20.8 Å². The Balaban J connectivity index is 1.89. The maximum Gasteiger partial charge on any atom is 0.410 e. The number of hydrogen-bond donors (Lipinski definition) is 1. The van der Waals surface area contributed by atoms with Crippen LogP contribution in [0.3, 0.4) is 0 Å². The summed E-state index contributed by atoms with van der Waals surface area (Å²) >= 11 is 0. The molecule has 180 valence electrons. The highest BCUT2D eigenvalue weighted by Gasteiger charge is 2.26. The average molecular weight is 471 g/mol. The van der Waals surface area contributed by atoms with E-state index in [-0.39, 0.29) is 28.2 Å². The molecule has 0 aromatic heterocycles. The number of ether oxygens (including phenoxy) is 2. The van der Waals surface area contributed by atoms with E-state index in [0.717, 1.165) is 4.31 Å². The van der Waals surface area contributed by atoms with Gasteiger partial charge in [0.25, 0.3) is 5.91 Å². The lowest BCUT2D eigenvalue weighted by Crippen LogP contribution is -2.51. The lowest BCUT2D eigenvalue weighted by molar-refractivity contribution is 0.0147. The van der Waals surface area contributed by atoms with Crippen molar-refractivity contribution in [1.82, 2.24) is 19.4 Å². The van der Waals surface area contributed by atoms with Gasteiger partial charge >= 0.3 is 6.09 Å². The number of sulfonamides is 1. The maximum atomic E-state index is 12.6. The predicted octanol–water partition coefficient (Wildman–Crippen LogP) is 1.23. The van der Waals surface area contributed by atoms with Crippen LogP contribution in [0.2, 0.25) is 0 Å². The number of carbonyl (C=O) groups excluding carboxylic acids is 2. The SMILES string of the molecule is COc1ccc(C(=O)NCCN2CCN(C(=O)OC(C)(C)C)CC2)cc1S(=O)(=O)N(C)C. The number of amides is 2. The number of benzene rings is 1. The molecule has 0 saturated carbocycles. The Hall–Kier alpha value is -2.37. The van der Waals surface area contributed by atoms with Crippen LogP contribution in [0, 0.1) is 0 Å². The number of carbonyl (C=O) groups is 2. The zero-order valence-electron chi connectivity index (χ0n) is 19.7. The van der Waals surface area contributed by atoms with Crippen molar-refractivity contribution in [2.75, 3.05) is 60.5 Å². The van der Waals surface area contributed by atoms with Gasteiger partial charge in [-0.15, -0.1) is 0 Å². The fourth-order valence-electron chi connectivity index (χ4n) is 3.13. The summed E-state index contributed by atoms with van der Waals surface area (Å²) in [4.78, 5) is 28.5. The lowest BCUT2D eigenvalue weighted by atomic mass is 10.2. The molecule has 0 atom stereocenters. The molecule has 0 spiro atoms. The van der Waals surface area contributed by atoms with Crippen LogP contribution in [-0.2, 0) is 14.8 Å². The molecule has 1 aliphatic heterocycles. The van der Waals surface area contributed by atoms with Crippen molar-refractivity contribution in [3.8, 4) is 5.75 Å². The minimum absolute atomic E-state index is 0.0593. The van der Waals surface area contributed by atoms with Gasteiger partial charge in [-0.05, 0) is 39.0 Å². The monoisotopic (exact) mass is 470 g/mol. The van der Waals surface area contributed by atoms with E-state index < -0.39 is 15.6 Å². The molecular formula is C21H34N4O6S. The smallest absolute Gasteiger partial charge is 0.410 e. The van der Waals surface area contributed by atoms with Gasteiger partial charge in [-0.25, -0.2) is 17.5 Å². The maximum absolute atomic E-state index is 12.6. The Morgan fingerprint density at radius 1 is 1.12 bits per heavy atom. The molecular weight excluding hydrogens is 436 g/mol. The predicted molar refractivity (Wildman–Crippen MR) is 120 cm³/mol. The molecule has 1 saturated heterocycles. The summed E-state index contributed by atoms with van der Waals surface area (Å²) in [5.74, 6) is -0.187. The third kappa shape index (κ3) is 6.81. The Bertz CT molecular complexity index is 919. The summed E-state index contributed by atoms with van der Waals surface area (Å²) in [5.41, 5.74) is -0.285. The van der Waals surface area contributed by atoms with Crippen molar-refractivity contribution in [3.05, 3.63) is 23.8 Å². The highest BCUT2D eigenvalue weighted by molar-refractivity contribution is 7.89. The van der Waals surface area contributed by atoms with Crippen molar-refractivity contribution in [3.63, 3.8) is 0 Å². The molecule has 1 heterocycles. The Kier molecular flexibility index (Phi) is 8.49. The lowest BCUT2D eigenvalue weighted by Gasteiger charge is -2.35. The van der Waals surface area contributed by atoms with Crippen LogP contribution in [-0.4, -0.2) is 101 Å². The van der Waals surface area contributed by atoms with E-state index >= 15 is 0 Å². The van der Waals surface area contributed by atoms with Crippen LogP contribution < -0.4 is 10.1 Å². The van der Waals surface area contributed by atoms with Gasteiger partial charge in [-0.1, -0.05) is 0 Å². The molecule has 1 aromatic rings. The first-order chi connectivity index (χ1) is 14.8. The number of nitrogens with zero attached hydrogens (tertiary/aromatic N) is 3. The highest BCUT2D eigenvalue weighted by atomic mass is 32.2. The topological polar surface area (TPSA) is 108 Å². The number of hydrogen-bond acceptors (Lipinski definition) is 7. The molecule has 10 nitrogen and oxygen atoms in total. The van der Waals surface area contributed by atoms with E-state index in [4.69, 9.17) is 9.47 Å². The van der Waals surface area contributed by atoms with Gasteiger partial charge < -0.3 is 19.7 Å². The van der Waals surface area contributed by atoms with Gasteiger partial charge in [-0.3, -0.25) is 9.69 Å². The Labute approximate surface area is 190 Å². The van der Waals surface area contributed by atoms with E-state index in [9.17, 15) is 18.0 Å². The number of nitrogens with one attached hydrogen (secondary N) is 1. The zero-order valence-corrected chi connectivity index (χ0v) is 20.5. The third-order valence-corrected chi connectivity index (χ3v) is 6.76. The van der Waals surface area contributed by atoms with Gasteiger partial charge in [0, 0.05) is 58.9 Å². The molecule has 0 radical (unpaired) electrons. The molecule has 32 heavy (non-hydrogen) atoms. The largest absolute Gasteiger partial charge is 0.495 e. The molecule has 1 aliphatic rings. The van der Waals surface area contributed by atoms with Gasteiger partial charge in [0.05, 0.1) is 7.11 Å². The van der Waals surface area contributed by atoms with Gasteiger partial charge in [0.1, 0.15) is 16.2 Å². The van der Waals surface area contributed by atoms with Crippen LogP contribution >= 0.6 is 0 Å². The summed E-state index contributed by atoms with van der Waals surface area (Å²) in [6.07, 6.45) is -0.312. The van der Waals surface area contributed by atoms with Crippen molar-refractivity contribution < 1.29 is 27.5 Å². The van der Waals surface area contributed by atoms with Crippen molar-refractivity contribution >= 4 is 22.0 Å². The second kappa shape index (κ2) is 10.5. The molecule has 2 amide bonds. The van der Waals surface area contributed by atoms with Crippen LogP contribution in [0.15, 0.2) is 23.1 Å². The molecule has 1 N–H and O–H groups in total. The average Bonchev–Trinajstić information content (AvgIpc) is 2.72.